The number of hydrogen-bond acceptors (Lipinski definition) is 3. The monoisotopic (exact) mass is 131 g/mol. The lowest BCUT2D eigenvalue weighted by atomic mass is 10.4. The van der Waals surface area contributed by atoms with Gasteiger partial charge < -0.3 is 14.8 Å². The molecule has 0 radical (unpaired) electrons. The van der Waals surface area contributed by atoms with Crippen LogP contribution in [0, 0.1) is 0 Å². The van der Waals surface area contributed by atoms with Crippen molar-refractivity contribution in [3.8, 4) is 0 Å². The van der Waals surface area contributed by atoms with E-state index in [0.29, 0.717) is 6.29 Å². The van der Waals surface area contributed by atoms with Gasteiger partial charge in [0, 0.05) is 0 Å². The summed E-state index contributed by atoms with van der Waals surface area (Å²) in [6, 6.07) is -0.475. The average molecular weight is 131 g/mol. The number of ether oxygens (including phenoxy) is 1. The van der Waals surface area contributed by atoms with Crippen molar-refractivity contribution in [3.63, 3.8) is 0 Å². The van der Waals surface area contributed by atoms with Crippen LogP contribution >= 0.6 is 0 Å². The summed E-state index contributed by atoms with van der Waals surface area (Å²) in [5, 5.41) is 2.25. The first-order valence-electron chi connectivity index (χ1n) is 2.50. The topological polar surface area (TPSA) is 55.4 Å². The molecule has 1 N–H and O–H groups in total. The molecule has 0 aliphatic rings. The second-order valence-electron chi connectivity index (χ2n) is 1.56. The number of methoxy groups -OCH3 is 1. The Morgan fingerprint density at radius 1 is 1.78 bits per heavy atom. The minimum absolute atomic E-state index is 0.475. The van der Waals surface area contributed by atoms with E-state index >= 15 is 0 Å². The van der Waals surface area contributed by atoms with E-state index in [9.17, 15) is 9.59 Å². The highest BCUT2D eigenvalue weighted by atomic mass is 16.5. The first-order chi connectivity index (χ1) is 4.20. The third-order valence-electron chi connectivity index (χ3n) is 0.735. The van der Waals surface area contributed by atoms with E-state index < -0.39 is 12.1 Å². The summed E-state index contributed by atoms with van der Waals surface area (Å²) in [5.74, 6) is 0. The van der Waals surface area contributed by atoms with Crippen LogP contribution in [-0.2, 0) is 9.53 Å². The molecule has 1 atom stereocenters. The molecule has 0 aromatic rings. The first kappa shape index (κ1) is 7.94. The van der Waals surface area contributed by atoms with Crippen LogP contribution in [0.15, 0.2) is 0 Å². The number of aldehydes is 1. The third kappa shape index (κ3) is 3.52. The van der Waals surface area contributed by atoms with Crippen molar-refractivity contribution in [2.24, 2.45) is 0 Å². The Bertz CT molecular complexity index is 113. The van der Waals surface area contributed by atoms with Gasteiger partial charge in [0.25, 0.3) is 0 Å². The van der Waals surface area contributed by atoms with Gasteiger partial charge >= 0.3 is 6.09 Å². The number of hydrogen-bond donors (Lipinski definition) is 1. The molecular weight excluding hydrogens is 122 g/mol. The van der Waals surface area contributed by atoms with E-state index in [-0.39, 0.29) is 0 Å². The SMILES string of the molecule is COC(=O)N[C@H](C)C=O. The van der Waals surface area contributed by atoms with Crippen LogP contribution in [0.5, 0.6) is 0 Å². The molecule has 4 nitrogen and oxygen atoms in total. The third-order valence-corrected chi connectivity index (χ3v) is 0.735. The van der Waals surface area contributed by atoms with Gasteiger partial charge in [-0.25, -0.2) is 4.79 Å². The summed E-state index contributed by atoms with van der Waals surface area (Å²) in [7, 11) is 1.24. The van der Waals surface area contributed by atoms with Crippen molar-refractivity contribution in [1.82, 2.24) is 5.32 Å². The second kappa shape index (κ2) is 3.88. The van der Waals surface area contributed by atoms with E-state index in [0.717, 1.165) is 0 Å². The minimum atomic E-state index is -0.588. The highest BCUT2D eigenvalue weighted by Crippen LogP contribution is 1.75. The van der Waals surface area contributed by atoms with Crippen LogP contribution in [0.1, 0.15) is 6.92 Å². The summed E-state index contributed by atoms with van der Waals surface area (Å²) in [6.07, 6.45) is 0.0336. The maximum Gasteiger partial charge on any atom is 0.407 e. The predicted octanol–water partition coefficient (Wildman–Crippen LogP) is -0.0702. The molecule has 1 amide bonds. The van der Waals surface area contributed by atoms with Gasteiger partial charge in [0.1, 0.15) is 6.29 Å². The lowest BCUT2D eigenvalue weighted by molar-refractivity contribution is -0.109. The van der Waals surface area contributed by atoms with Gasteiger partial charge in [0.2, 0.25) is 0 Å². The zero-order chi connectivity index (χ0) is 7.28. The molecule has 0 aliphatic heterocycles. The Morgan fingerprint density at radius 2 is 2.33 bits per heavy atom. The summed E-state index contributed by atoms with van der Waals surface area (Å²) >= 11 is 0. The van der Waals surface area contributed by atoms with E-state index in [1.807, 2.05) is 0 Å². The second-order valence-corrected chi connectivity index (χ2v) is 1.56. The Labute approximate surface area is 53.2 Å². The van der Waals surface area contributed by atoms with E-state index in [2.05, 4.69) is 10.1 Å². The molecule has 0 fully saturated rings. The molecule has 0 aromatic carbocycles. The van der Waals surface area contributed by atoms with Gasteiger partial charge in [0.15, 0.2) is 0 Å². The standard InChI is InChI=1S/C5H9NO3/c1-4(3-7)6-5(8)9-2/h3-4H,1-2H3,(H,6,8)/t4-/m1/s1. The number of rotatable bonds is 2. The van der Waals surface area contributed by atoms with Crippen LogP contribution in [0.2, 0.25) is 0 Å². The zero-order valence-electron chi connectivity index (χ0n) is 5.38. The lowest BCUT2D eigenvalue weighted by Crippen LogP contribution is -2.33. The summed E-state index contributed by atoms with van der Waals surface area (Å²) in [5.41, 5.74) is 0. The highest BCUT2D eigenvalue weighted by Gasteiger charge is 2.02. The van der Waals surface area contributed by atoms with Crippen molar-refractivity contribution in [3.05, 3.63) is 0 Å². The molecule has 0 bridgehead atoms. The van der Waals surface area contributed by atoms with E-state index in [4.69, 9.17) is 0 Å². The quantitative estimate of drug-likeness (QED) is 0.534. The smallest absolute Gasteiger partial charge is 0.407 e. The van der Waals surface area contributed by atoms with Gasteiger partial charge in [-0.1, -0.05) is 0 Å². The van der Waals surface area contributed by atoms with Crippen molar-refractivity contribution >= 4 is 12.4 Å². The van der Waals surface area contributed by atoms with E-state index in [1.54, 1.807) is 6.92 Å². The van der Waals surface area contributed by atoms with Crippen molar-refractivity contribution < 1.29 is 14.3 Å². The molecule has 0 rings (SSSR count). The number of carbonyl (C=O) groups is 2. The van der Waals surface area contributed by atoms with Gasteiger partial charge in [-0.3, -0.25) is 0 Å². The molecular formula is C5H9NO3. The van der Waals surface area contributed by atoms with Crippen LogP contribution in [0.4, 0.5) is 4.79 Å². The Kier molecular flexibility index (Phi) is 3.43. The number of amides is 1. The molecule has 0 aliphatic carbocycles. The summed E-state index contributed by atoms with van der Waals surface area (Å²) in [6.45, 7) is 1.56. The number of nitrogens with one attached hydrogen (secondary N) is 1. The van der Waals surface area contributed by atoms with Gasteiger partial charge in [-0.2, -0.15) is 0 Å². The fourth-order valence-corrected chi connectivity index (χ4v) is 0.279. The van der Waals surface area contributed by atoms with Crippen LogP contribution in [0.25, 0.3) is 0 Å². The van der Waals surface area contributed by atoms with Crippen molar-refractivity contribution in [2.45, 2.75) is 13.0 Å². The Hall–Kier alpha value is -1.06. The van der Waals surface area contributed by atoms with Gasteiger partial charge in [-0.15, -0.1) is 0 Å². The van der Waals surface area contributed by atoms with Gasteiger partial charge in [-0.05, 0) is 6.92 Å². The summed E-state index contributed by atoms with van der Waals surface area (Å²) in [4.78, 5) is 20.2. The largest absolute Gasteiger partial charge is 0.453 e. The van der Waals surface area contributed by atoms with Crippen molar-refractivity contribution in [2.75, 3.05) is 7.11 Å². The van der Waals surface area contributed by atoms with Crippen molar-refractivity contribution in [1.29, 1.82) is 0 Å². The Balaban J connectivity index is 3.46. The highest BCUT2D eigenvalue weighted by molar-refractivity contribution is 5.72. The van der Waals surface area contributed by atoms with E-state index in [1.165, 1.54) is 7.11 Å². The molecule has 0 spiro atoms. The normalized spacial score (nSPS) is 11.8. The lowest BCUT2D eigenvalue weighted by Gasteiger charge is -2.03. The molecule has 4 heteroatoms. The summed E-state index contributed by atoms with van der Waals surface area (Å²) < 4.78 is 4.21. The van der Waals surface area contributed by atoms with Gasteiger partial charge in [0.05, 0.1) is 13.2 Å². The maximum absolute atomic E-state index is 10.3. The fraction of sp³-hybridized carbons (Fsp3) is 0.600. The number of alkyl carbamates (subject to hydrolysis) is 1. The predicted molar refractivity (Wildman–Crippen MR) is 31.1 cm³/mol. The fourth-order valence-electron chi connectivity index (χ4n) is 0.279. The Morgan fingerprint density at radius 3 is 2.67 bits per heavy atom. The molecule has 0 heterocycles. The van der Waals surface area contributed by atoms with Crippen LogP contribution in [-0.4, -0.2) is 25.5 Å². The molecule has 0 unspecified atom stereocenters. The molecule has 52 valence electrons. The minimum Gasteiger partial charge on any atom is -0.453 e. The first-order valence-corrected chi connectivity index (χ1v) is 2.50. The molecule has 0 saturated carbocycles. The maximum atomic E-state index is 10.3. The van der Waals surface area contributed by atoms with Crippen LogP contribution < -0.4 is 5.32 Å². The number of carbonyl (C=O) groups excluding carboxylic acids is 2. The molecule has 0 aromatic heterocycles. The zero-order valence-corrected chi connectivity index (χ0v) is 5.38. The van der Waals surface area contributed by atoms with Crippen LogP contribution in [0.3, 0.4) is 0 Å². The molecule has 0 saturated heterocycles. The molecule has 9 heavy (non-hydrogen) atoms. The average Bonchev–Trinajstić information content (AvgIpc) is 1.87.